The van der Waals surface area contributed by atoms with E-state index in [1.165, 1.54) is 42.1 Å². The minimum Gasteiger partial charge on any atom is -0.389 e. The number of rotatable bonds is 35. The number of carbonyl (C=O) groups is 6. The van der Waals surface area contributed by atoms with E-state index in [-0.39, 0.29) is 76.7 Å². The van der Waals surface area contributed by atoms with Crippen LogP contribution in [0.5, 0.6) is 0 Å². The molecule has 4 unspecified atom stereocenters. The monoisotopic (exact) mass is 1760 g/mol. The Balaban J connectivity index is 0.000000211. The normalized spacial score (nSPS) is 14.4. The second-order valence-corrected chi connectivity index (χ2v) is 32.6. The standard InChI is InChI=1S/C35H43F2N3O3.C35H37F2N3O3.C29H32BrF2N3O3/c2*1-4-13-40(14-5-2)35(43)28-16-23(3)15-27(20-28)34(42)39-32(19-24-17-29(36)21-30(37)18-24)33(41)31-12-11-26(22-38-31)25-9-7-6-8-10-25;1-4-8-35(9-5-2)29(38)21-11-18(3)10-20(15-21)28(37)34-26(14-19-12-23(31)16-24(32)13-19)27(36)25-7-6-22(30)17-33-25/h6-10,15-18,20-21,26,31-33,38,41H,4-5,11-14,19,22H2,1-3H3,(H,39,42);6-12,15-18,20-22,32-33,41H,4-5,13-14,19H2,1-3H3,(H,39,42);6-7,10-13,15-17,26-27,36H,4-5,8-9,14H2,1-3H3,(H,34,37)/t26?,31?,32-,33+;32-,33?;26-,27?/m000/s1. The van der Waals surface area contributed by atoms with Gasteiger partial charge in [0.2, 0.25) is 0 Å². The predicted molar refractivity (Wildman–Crippen MR) is 475 cm³/mol. The number of hydrogen-bond acceptors (Lipinski definition) is 12. The molecule has 1 aliphatic heterocycles. The molecule has 3 heterocycles. The number of aliphatic hydroxyl groups is 3. The Morgan fingerprint density at radius 2 is 0.734 bits per heavy atom. The van der Waals surface area contributed by atoms with E-state index in [0.29, 0.717) is 90.4 Å². The van der Waals surface area contributed by atoms with Crippen molar-refractivity contribution in [2.24, 2.45) is 0 Å². The number of aliphatic hydroxyl groups excluding tert-OH is 3. The second-order valence-electron chi connectivity index (χ2n) is 31.6. The van der Waals surface area contributed by atoms with Gasteiger partial charge in [-0.25, -0.2) is 26.3 Å². The summed E-state index contributed by atoms with van der Waals surface area (Å²) in [6, 6.07) is 47.8. The molecule has 124 heavy (non-hydrogen) atoms. The van der Waals surface area contributed by atoms with Crippen LogP contribution in [0.1, 0.15) is 224 Å². The molecule has 8 aromatic carbocycles. The molecule has 18 nitrogen and oxygen atoms in total. The van der Waals surface area contributed by atoms with Crippen LogP contribution in [0.25, 0.3) is 11.1 Å². The molecule has 1 aliphatic rings. The summed E-state index contributed by atoms with van der Waals surface area (Å²) in [7, 11) is 0. The van der Waals surface area contributed by atoms with Crippen LogP contribution in [0.15, 0.2) is 211 Å². The largest absolute Gasteiger partial charge is 0.389 e. The molecule has 2 aromatic heterocycles. The number of piperidine rings is 1. The Morgan fingerprint density at radius 1 is 0.403 bits per heavy atom. The number of nitrogens with one attached hydrogen (secondary N) is 4. The summed E-state index contributed by atoms with van der Waals surface area (Å²) in [5.74, 6) is -6.14. The molecule has 7 N–H and O–H groups in total. The Labute approximate surface area is 731 Å². The molecule has 656 valence electrons. The number of halogens is 7. The molecule has 1 fully saturated rings. The number of hydrogen-bond donors (Lipinski definition) is 7. The average molecular weight is 1770 g/mol. The second kappa shape index (κ2) is 47.6. The number of pyridine rings is 2. The maximum absolute atomic E-state index is 14.1. The fraction of sp³-hybridized carbons (Fsp3) is 0.354. The van der Waals surface area contributed by atoms with Crippen molar-refractivity contribution in [3.63, 3.8) is 0 Å². The van der Waals surface area contributed by atoms with Crippen LogP contribution in [-0.2, 0) is 19.3 Å². The lowest BCUT2D eigenvalue weighted by atomic mass is 9.84. The molecular formula is C99H112BrF6N9O9. The first-order valence-corrected chi connectivity index (χ1v) is 43.2. The lowest BCUT2D eigenvalue weighted by Crippen LogP contribution is -2.56. The van der Waals surface area contributed by atoms with Gasteiger partial charge in [0.15, 0.2) is 0 Å². The van der Waals surface area contributed by atoms with Crippen molar-refractivity contribution in [2.45, 2.75) is 181 Å². The lowest BCUT2D eigenvalue weighted by Gasteiger charge is -2.36. The maximum atomic E-state index is 14.1. The maximum Gasteiger partial charge on any atom is 0.253 e. The van der Waals surface area contributed by atoms with Crippen molar-refractivity contribution in [3.8, 4) is 11.1 Å². The zero-order chi connectivity index (χ0) is 89.7. The van der Waals surface area contributed by atoms with E-state index in [1.807, 2.05) is 103 Å². The average Bonchev–Trinajstić information content (AvgIpc) is 0.822. The summed E-state index contributed by atoms with van der Waals surface area (Å²) >= 11 is 3.30. The third-order valence-electron chi connectivity index (χ3n) is 21.2. The topological polar surface area (TPSA) is 247 Å². The van der Waals surface area contributed by atoms with E-state index in [9.17, 15) is 70.4 Å². The fourth-order valence-corrected chi connectivity index (χ4v) is 15.7. The smallest absolute Gasteiger partial charge is 0.253 e. The van der Waals surface area contributed by atoms with Crippen molar-refractivity contribution in [1.82, 2.24) is 45.9 Å². The molecule has 0 bridgehead atoms. The van der Waals surface area contributed by atoms with Crippen LogP contribution in [-0.4, -0.2) is 152 Å². The van der Waals surface area contributed by atoms with Gasteiger partial charge in [0.1, 0.15) is 47.1 Å². The number of aryl methyl sites for hydroxylation is 3. The van der Waals surface area contributed by atoms with Gasteiger partial charge in [-0.05, 0) is 267 Å². The van der Waals surface area contributed by atoms with Gasteiger partial charge in [0, 0.05) is 126 Å². The molecule has 11 rings (SSSR count). The van der Waals surface area contributed by atoms with E-state index in [1.54, 1.807) is 101 Å². The highest BCUT2D eigenvalue weighted by atomic mass is 79.9. The predicted octanol–water partition coefficient (Wildman–Crippen LogP) is 18.2. The highest BCUT2D eigenvalue weighted by molar-refractivity contribution is 9.10. The van der Waals surface area contributed by atoms with Crippen LogP contribution in [0.3, 0.4) is 0 Å². The van der Waals surface area contributed by atoms with Gasteiger partial charge < -0.3 is 51.3 Å². The Morgan fingerprint density at radius 3 is 1.06 bits per heavy atom. The number of nitrogens with zero attached hydrogens (tertiary/aromatic N) is 5. The first-order valence-electron chi connectivity index (χ1n) is 42.4. The number of aromatic nitrogens is 2. The van der Waals surface area contributed by atoms with Crippen LogP contribution in [0, 0.1) is 55.7 Å². The minimum atomic E-state index is -1.30. The first kappa shape index (κ1) is 96.6. The van der Waals surface area contributed by atoms with Crippen molar-refractivity contribution >= 4 is 51.4 Å². The summed E-state index contributed by atoms with van der Waals surface area (Å²) in [6.45, 7) is 21.8. The highest BCUT2D eigenvalue weighted by Gasteiger charge is 2.35. The summed E-state index contributed by atoms with van der Waals surface area (Å²) in [5.41, 5.74) is 8.67. The summed E-state index contributed by atoms with van der Waals surface area (Å²) in [6.07, 6.45) is 5.87. The number of amides is 6. The number of benzene rings is 8. The highest BCUT2D eigenvalue weighted by Crippen LogP contribution is 2.31. The molecule has 25 heteroatoms. The summed E-state index contributed by atoms with van der Waals surface area (Å²) in [5, 5.41) is 46.1. The van der Waals surface area contributed by atoms with E-state index in [0.717, 1.165) is 103 Å². The molecule has 10 aromatic rings. The molecule has 0 saturated carbocycles. The van der Waals surface area contributed by atoms with Gasteiger partial charge in [-0.2, -0.15) is 0 Å². The molecule has 0 spiro atoms. The zero-order valence-electron chi connectivity index (χ0n) is 71.6. The molecule has 8 atom stereocenters. The zero-order valence-corrected chi connectivity index (χ0v) is 73.2. The Kier molecular flexibility index (Phi) is 37.1. The SMILES string of the molecule is CCCN(CCC)C(=O)c1cc(C)cc(C(=O)N[C@@H](Cc2cc(F)cc(F)c2)C(O)c2ccc(-c3ccccc3)cn2)c1.CCCN(CCC)C(=O)c1cc(C)cc(C(=O)N[C@@H](Cc2cc(F)cc(F)c2)C(O)c2ccc(Br)cn2)c1.CCCN(CCC)C(=O)c1cc(C)cc(C(=O)N[C@@H](Cc2cc(F)cc(F)c2)[C@H](O)C2CCC(c3ccccc3)CN2)c1. The van der Waals surface area contributed by atoms with Gasteiger partial charge in [-0.3, -0.25) is 38.7 Å². The van der Waals surface area contributed by atoms with Gasteiger partial charge >= 0.3 is 0 Å². The van der Waals surface area contributed by atoms with Crippen LogP contribution in [0.4, 0.5) is 26.3 Å². The molecule has 0 radical (unpaired) electrons. The van der Waals surface area contributed by atoms with Crippen molar-refractivity contribution < 1.29 is 70.4 Å². The molecule has 0 aliphatic carbocycles. The molecular weight excluding hydrogens is 1650 g/mol. The van der Waals surface area contributed by atoms with E-state index < -0.39 is 89.1 Å². The molecule has 1 saturated heterocycles. The summed E-state index contributed by atoms with van der Waals surface area (Å²) < 4.78 is 84.7. The van der Waals surface area contributed by atoms with Crippen LogP contribution < -0.4 is 21.3 Å². The van der Waals surface area contributed by atoms with E-state index in [4.69, 9.17) is 0 Å². The lowest BCUT2D eigenvalue weighted by molar-refractivity contribution is 0.0630. The Bertz CT molecular complexity index is 5130. The van der Waals surface area contributed by atoms with Gasteiger partial charge in [-0.15, -0.1) is 0 Å². The van der Waals surface area contributed by atoms with Crippen molar-refractivity contribution in [3.05, 3.63) is 330 Å². The molecule has 6 amide bonds. The third kappa shape index (κ3) is 28.4. The first-order chi connectivity index (χ1) is 59.5. The van der Waals surface area contributed by atoms with Gasteiger partial charge in [0.05, 0.1) is 35.6 Å². The minimum absolute atomic E-state index is 0.0280. The van der Waals surface area contributed by atoms with E-state index >= 15 is 0 Å². The Hall–Kier alpha value is -11.2. The summed E-state index contributed by atoms with van der Waals surface area (Å²) in [4.78, 5) is 94.3. The van der Waals surface area contributed by atoms with Crippen LogP contribution in [0.2, 0.25) is 0 Å². The third-order valence-corrected chi connectivity index (χ3v) is 21.7. The van der Waals surface area contributed by atoms with Gasteiger partial charge in [-0.1, -0.05) is 108 Å². The quantitative estimate of drug-likeness (QED) is 0.0183. The fourth-order valence-electron chi connectivity index (χ4n) is 15.5. The van der Waals surface area contributed by atoms with Crippen molar-refractivity contribution in [2.75, 3.05) is 45.8 Å². The van der Waals surface area contributed by atoms with Crippen LogP contribution >= 0.6 is 15.9 Å². The van der Waals surface area contributed by atoms with Crippen molar-refractivity contribution in [1.29, 1.82) is 0 Å². The van der Waals surface area contributed by atoms with Gasteiger partial charge in [0.25, 0.3) is 35.4 Å². The van der Waals surface area contributed by atoms with E-state index in [2.05, 4.69) is 59.3 Å². The number of carbonyl (C=O) groups excluding carboxylic acids is 6.